The predicted octanol–water partition coefficient (Wildman–Crippen LogP) is 4.80. The minimum absolute atomic E-state index is 0.0184. The van der Waals surface area contributed by atoms with E-state index < -0.39 is 9.84 Å². The third-order valence-electron chi connectivity index (χ3n) is 9.95. The predicted molar refractivity (Wildman–Crippen MR) is 190 cm³/mol. The molecule has 0 radical (unpaired) electrons. The Hall–Kier alpha value is -2.96. The Balaban J connectivity index is 1.24. The van der Waals surface area contributed by atoms with Crippen LogP contribution in [0.4, 0.5) is 11.5 Å². The molecule has 2 fully saturated rings. The number of hydrogen-bond donors (Lipinski definition) is 0. The lowest BCUT2D eigenvalue weighted by Gasteiger charge is -2.34. The summed E-state index contributed by atoms with van der Waals surface area (Å²) in [6.07, 6.45) is 7.07. The molecule has 2 aromatic carbocycles. The van der Waals surface area contributed by atoms with E-state index in [0.717, 1.165) is 77.6 Å². The van der Waals surface area contributed by atoms with Crippen molar-refractivity contribution in [2.75, 3.05) is 89.2 Å². The number of rotatable bonds is 14. The van der Waals surface area contributed by atoms with Crippen LogP contribution in [0.2, 0.25) is 5.02 Å². The maximum atomic E-state index is 13.0. The smallest absolute Gasteiger partial charge is 0.318 e. The van der Waals surface area contributed by atoms with Gasteiger partial charge in [-0.3, -0.25) is 4.90 Å². The average molecular weight is 683 g/mol. The molecule has 3 aliphatic heterocycles. The molecule has 10 nitrogen and oxygen atoms in total. The zero-order valence-electron chi connectivity index (χ0n) is 27.8. The van der Waals surface area contributed by atoms with Crippen LogP contribution in [0.15, 0.2) is 47.9 Å². The molecule has 12 heteroatoms. The third kappa shape index (κ3) is 7.70. The Morgan fingerprint density at radius 3 is 2.57 bits per heavy atom. The van der Waals surface area contributed by atoms with Gasteiger partial charge in [0.1, 0.15) is 12.4 Å². The van der Waals surface area contributed by atoms with Gasteiger partial charge in [0.25, 0.3) is 0 Å². The Labute approximate surface area is 284 Å². The van der Waals surface area contributed by atoms with Crippen LogP contribution in [0.3, 0.4) is 0 Å². The lowest BCUT2D eigenvalue weighted by Crippen LogP contribution is -2.43. The average Bonchev–Trinajstić information content (AvgIpc) is 3.65. The normalized spacial score (nSPS) is 17.9. The summed E-state index contributed by atoms with van der Waals surface area (Å²) in [5.41, 5.74) is 3.08. The van der Waals surface area contributed by atoms with Gasteiger partial charge in [0.15, 0.2) is 9.84 Å². The van der Waals surface area contributed by atoms with Crippen LogP contribution < -0.4 is 14.5 Å². The topological polar surface area (TPSA) is 91.3 Å². The minimum Gasteiger partial charge on any atom is -0.461 e. The van der Waals surface area contributed by atoms with Crippen LogP contribution in [0, 0.1) is 0 Å². The summed E-state index contributed by atoms with van der Waals surface area (Å²) in [6, 6.07) is 12.6. The number of sulfone groups is 1. The molecule has 0 unspecified atom stereocenters. The lowest BCUT2D eigenvalue weighted by atomic mass is 9.95. The number of ether oxygens (including phenoxy) is 2. The number of likely N-dealkylation sites (N-methyl/N-ethyl adjacent to an activating group) is 1. The van der Waals surface area contributed by atoms with Gasteiger partial charge >= 0.3 is 6.01 Å². The third-order valence-corrected chi connectivity index (χ3v) is 11.6. The summed E-state index contributed by atoms with van der Waals surface area (Å²) >= 11 is 6.72. The van der Waals surface area contributed by atoms with Crippen LogP contribution in [0.1, 0.15) is 36.9 Å². The van der Waals surface area contributed by atoms with E-state index in [0.29, 0.717) is 45.3 Å². The first-order valence-corrected chi connectivity index (χ1v) is 18.8. The van der Waals surface area contributed by atoms with E-state index in [-0.39, 0.29) is 11.3 Å². The van der Waals surface area contributed by atoms with Gasteiger partial charge in [0, 0.05) is 62.4 Å². The number of nitrogens with zero attached hydrogens (tertiary/aromatic N) is 6. The number of benzene rings is 2. The van der Waals surface area contributed by atoms with E-state index in [2.05, 4.69) is 34.1 Å². The van der Waals surface area contributed by atoms with Gasteiger partial charge in [-0.25, -0.2) is 8.42 Å². The number of anilines is 2. The van der Waals surface area contributed by atoms with Gasteiger partial charge in [-0.15, -0.1) is 0 Å². The molecule has 47 heavy (non-hydrogen) atoms. The SMILES string of the molecule is COCCN(C)C/C=C/S(=O)(=O)CCN(C)c1nc(OCC23CCCN2CCC3)nc2c1CCN(c1cccc3cccc(Cl)c13)C2. The van der Waals surface area contributed by atoms with Gasteiger partial charge in [-0.1, -0.05) is 41.9 Å². The zero-order valence-corrected chi connectivity index (χ0v) is 29.4. The van der Waals surface area contributed by atoms with Crippen molar-refractivity contribution in [1.29, 1.82) is 0 Å². The van der Waals surface area contributed by atoms with Crippen molar-refractivity contribution >= 4 is 43.7 Å². The molecule has 1 aromatic heterocycles. The summed E-state index contributed by atoms with van der Waals surface area (Å²) in [7, 11) is 2.09. The Bertz CT molecular complexity index is 1690. The molecule has 6 rings (SSSR count). The minimum atomic E-state index is -3.41. The molecule has 0 aliphatic carbocycles. The lowest BCUT2D eigenvalue weighted by molar-refractivity contribution is 0.107. The van der Waals surface area contributed by atoms with Crippen molar-refractivity contribution in [3.8, 4) is 6.01 Å². The van der Waals surface area contributed by atoms with Crippen molar-refractivity contribution in [3.63, 3.8) is 0 Å². The molecule has 2 saturated heterocycles. The highest BCUT2D eigenvalue weighted by atomic mass is 35.5. The molecule has 0 amide bonds. The van der Waals surface area contributed by atoms with Crippen LogP contribution >= 0.6 is 11.6 Å². The molecule has 254 valence electrons. The fourth-order valence-electron chi connectivity index (χ4n) is 7.32. The standard InChI is InChI=1S/C35H47ClN6O4S/c1-39(20-22-45-3)16-8-23-47(43,44)24-21-40(2)33-28-13-19-41(31-12-5-10-27-9-4-11-29(36)32(27)31)25-30(28)37-34(38-33)46-26-35-14-6-17-42(35)18-7-15-35/h4-5,8-12,23H,6-7,13-22,24-26H2,1-3H3/b23-8+. The maximum Gasteiger partial charge on any atom is 0.318 e. The van der Waals surface area contributed by atoms with Crippen LogP contribution in [0.25, 0.3) is 10.8 Å². The highest BCUT2D eigenvalue weighted by Crippen LogP contribution is 2.40. The number of fused-ring (bicyclic) bond motifs is 3. The fraction of sp³-hybridized carbons (Fsp3) is 0.543. The second-order valence-corrected chi connectivity index (χ2v) is 15.6. The van der Waals surface area contributed by atoms with E-state index in [4.69, 9.17) is 31.0 Å². The molecular weight excluding hydrogens is 636 g/mol. The van der Waals surface area contributed by atoms with Crippen LogP contribution in [-0.4, -0.2) is 113 Å². The highest BCUT2D eigenvalue weighted by Gasteiger charge is 2.45. The molecule has 0 saturated carbocycles. The van der Waals surface area contributed by atoms with Gasteiger partial charge in [0.05, 0.1) is 35.2 Å². The van der Waals surface area contributed by atoms with E-state index in [1.54, 1.807) is 13.2 Å². The Kier molecular flexibility index (Phi) is 10.6. The zero-order chi connectivity index (χ0) is 33.0. The quantitative estimate of drug-likeness (QED) is 0.236. The summed E-state index contributed by atoms with van der Waals surface area (Å²) in [4.78, 5) is 18.8. The number of aromatic nitrogens is 2. The largest absolute Gasteiger partial charge is 0.461 e. The molecule has 4 heterocycles. The summed E-state index contributed by atoms with van der Waals surface area (Å²) in [5.74, 6) is 0.724. The van der Waals surface area contributed by atoms with Crippen LogP contribution in [-0.2, 0) is 27.5 Å². The van der Waals surface area contributed by atoms with Gasteiger partial charge in [0.2, 0.25) is 0 Å². The molecule has 0 spiro atoms. The summed E-state index contributed by atoms with van der Waals surface area (Å²) in [5, 5.41) is 4.19. The van der Waals surface area contributed by atoms with Crippen molar-refractivity contribution in [2.24, 2.45) is 0 Å². The van der Waals surface area contributed by atoms with Gasteiger partial charge < -0.3 is 24.2 Å². The first-order chi connectivity index (χ1) is 22.7. The van der Waals surface area contributed by atoms with Crippen molar-refractivity contribution in [1.82, 2.24) is 19.8 Å². The summed E-state index contributed by atoms with van der Waals surface area (Å²) in [6.45, 7) is 6.32. The molecule has 0 bridgehead atoms. The fourth-order valence-corrected chi connectivity index (χ4v) is 8.64. The highest BCUT2D eigenvalue weighted by molar-refractivity contribution is 7.94. The Morgan fingerprint density at radius 1 is 1.04 bits per heavy atom. The molecule has 0 atom stereocenters. The molecular formula is C35H47ClN6O4S. The monoisotopic (exact) mass is 682 g/mol. The van der Waals surface area contributed by atoms with E-state index in [9.17, 15) is 8.42 Å². The first kappa shape index (κ1) is 33.9. The summed E-state index contributed by atoms with van der Waals surface area (Å²) < 4.78 is 37.5. The number of halogens is 1. The van der Waals surface area contributed by atoms with E-state index in [1.807, 2.05) is 36.0 Å². The van der Waals surface area contributed by atoms with Crippen LogP contribution in [0.5, 0.6) is 6.01 Å². The molecule has 3 aliphatic rings. The van der Waals surface area contributed by atoms with Crippen molar-refractivity contribution in [2.45, 2.75) is 44.2 Å². The number of methoxy groups -OCH3 is 1. The van der Waals surface area contributed by atoms with Crippen molar-refractivity contribution in [3.05, 3.63) is 64.2 Å². The molecule has 3 aromatic rings. The molecule has 0 N–H and O–H groups in total. The maximum absolute atomic E-state index is 13.0. The Morgan fingerprint density at radius 2 is 1.81 bits per heavy atom. The van der Waals surface area contributed by atoms with Crippen molar-refractivity contribution < 1.29 is 17.9 Å². The first-order valence-electron chi connectivity index (χ1n) is 16.7. The van der Waals surface area contributed by atoms with E-state index >= 15 is 0 Å². The van der Waals surface area contributed by atoms with Gasteiger partial charge in [-0.05, 0) is 69.8 Å². The second-order valence-electron chi connectivity index (χ2n) is 13.2. The van der Waals surface area contributed by atoms with Gasteiger partial charge in [-0.2, -0.15) is 9.97 Å². The van der Waals surface area contributed by atoms with E-state index in [1.165, 1.54) is 18.2 Å². The number of hydrogen-bond acceptors (Lipinski definition) is 10. The second kappa shape index (κ2) is 14.7.